The van der Waals surface area contributed by atoms with Crippen molar-refractivity contribution in [3.05, 3.63) is 0 Å². The van der Waals surface area contributed by atoms with Gasteiger partial charge in [0, 0.05) is 0 Å². The van der Waals surface area contributed by atoms with Crippen molar-refractivity contribution in [2.45, 2.75) is 0 Å². The third kappa shape index (κ3) is 5.83. The minimum Gasteiger partial charge on any atom is -0.369 e. The Morgan fingerprint density at radius 2 is 2.00 bits per heavy atom. The molecule has 0 amide bonds. The van der Waals surface area contributed by atoms with Gasteiger partial charge in [0.1, 0.15) is 0 Å². The summed E-state index contributed by atoms with van der Waals surface area (Å²) < 4.78 is 29.7. The molecular weight excluding hydrogens is 124 g/mol. The Hall–Kier alpha value is -0.170. The van der Waals surface area contributed by atoms with Crippen molar-refractivity contribution in [2.24, 2.45) is 0 Å². The molecule has 0 aromatic heterocycles. The maximum absolute atomic E-state index is 9.40. The summed E-state index contributed by atoms with van der Waals surface area (Å²) in [5.74, 6) is 0. The van der Waals surface area contributed by atoms with E-state index in [1.54, 1.807) is 0 Å². The average Bonchev–Trinajstić information content (AvgIpc) is 1.30. The predicted octanol–water partition coefficient (Wildman–Crippen LogP) is -1.24. The lowest BCUT2D eigenvalue weighted by Gasteiger charge is -1.88. The molecule has 6 heteroatoms. The van der Waals surface area contributed by atoms with Crippen molar-refractivity contribution in [1.29, 1.82) is 0 Å². The highest BCUT2D eigenvalue weighted by molar-refractivity contribution is 7.80. The summed E-state index contributed by atoms with van der Waals surface area (Å²) in [5.41, 5.74) is 0. The SMILES string of the molecule is O=S(=O)(O)OCO. The van der Waals surface area contributed by atoms with E-state index in [-0.39, 0.29) is 0 Å². The van der Waals surface area contributed by atoms with E-state index in [1.165, 1.54) is 0 Å². The van der Waals surface area contributed by atoms with Gasteiger partial charge in [-0.05, 0) is 0 Å². The van der Waals surface area contributed by atoms with Crippen molar-refractivity contribution in [3.8, 4) is 0 Å². The lowest BCUT2D eigenvalue weighted by molar-refractivity contribution is 0.0920. The number of rotatable bonds is 2. The van der Waals surface area contributed by atoms with Crippen LogP contribution in [0.3, 0.4) is 0 Å². The first-order chi connectivity index (χ1) is 3.06. The summed E-state index contributed by atoms with van der Waals surface area (Å²) in [5, 5.41) is 7.64. The molecule has 0 heterocycles. The molecule has 0 spiro atoms. The zero-order chi connectivity index (χ0) is 5.91. The molecule has 7 heavy (non-hydrogen) atoms. The van der Waals surface area contributed by atoms with Crippen LogP contribution in [0.25, 0.3) is 0 Å². The third-order valence-corrected chi connectivity index (χ3v) is 0.605. The average molecular weight is 128 g/mol. The van der Waals surface area contributed by atoms with Crippen LogP contribution in [-0.2, 0) is 14.6 Å². The van der Waals surface area contributed by atoms with Gasteiger partial charge in [-0.25, -0.2) is 4.18 Å². The zero-order valence-corrected chi connectivity index (χ0v) is 4.05. The van der Waals surface area contributed by atoms with Crippen molar-refractivity contribution >= 4 is 10.4 Å². The highest BCUT2D eigenvalue weighted by Crippen LogP contribution is 1.79. The standard InChI is InChI=1S/CH4O5S/c2-1-6-7(3,4)5/h2H,1H2,(H,3,4,5). The van der Waals surface area contributed by atoms with Crippen LogP contribution in [0.5, 0.6) is 0 Å². The highest BCUT2D eigenvalue weighted by Gasteiger charge is 1.99. The smallest absolute Gasteiger partial charge is 0.369 e. The molecule has 0 aliphatic carbocycles. The molecule has 0 aromatic carbocycles. The molecule has 0 aliphatic heterocycles. The van der Waals surface area contributed by atoms with Gasteiger partial charge in [0.2, 0.25) is 0 Å². The Morgan fingerprint density at radius 1 is 1.57 bits per heavy atom. The second-order valence-corrected chi connectivity index (χ2v) is 1.77. The molecule has 0 unspecified atom stereocenters. The molecule has 0 bridgehead atoms. The minimum atomic E-state index is -4.42. The third-order valence-electron chi connectivity index (χ3n) is 0.202. The molecule has 2 N–H and O–H groups in total. The van der Waals surface area contributed by atoms with Crippen molar-refractivity contribution in [2.75, 3.05) is 6.79 Å². The topological polar surface area (TPSA) is 83.8 Å². The number of aliphatic hydroxyl groups is 1. The van der Waals surface area contributed by atoms with Crippen LogP contribution in [-0.4, -0.2) is 24.9 Å². The van der Waals surface area contributed by atoms with Crippen molar-refractivity contribution < 1.29 is 22.3 Å². The van der Waals surface area contributed by atoms with E-state index in [1.807, 2.05) is 0 Å². The van der Waals surface area contributed by atoms with E-state index in [4.69, 9.17) is 9.66 Å². The fraction of sp³-hybridized carbons (Fsp3) is 1.00. The molecule has 0 saturated heterocycles. The normalized spacial score (nSPS) is 11.7. The van der Waals surface area contributed by atoms with Crippen molar-refractivity contribution in [1.82, 2.24) is 0 Å². The van der Waals surface area contributed by atoms with E-state index < -0.39 is 17.2 Å². The van der Waals surface area contributed by atoms with Gasteiger partial charge in [-0.15, -0.1) is 0 Å². The molecule has 0 fully saturated rings. The van der Waals surface area contributed by atoms with Crippen molar-refractivity contribution in [3.63, 3.8) is 0 Å². The summed E-state index contributed by atoms with van der Waals surface area (Å²) in [6, 6.07) is 0. The summed E-state index contributed by atoms with van der Waals surface area (Å²) >= 11 is 0. The largest absolute Gasteiger partial charge is 0.399 e. The van der Waals surface area contributed by atoms with E-state index in [0.29, 0.717) is 0 Å². The van der Waals surface area contributed by atoms with Crippen LogP contribution in [0, 0.1) is 0 Å². The van der Waals surface area contributed by atoms with Crippen LogP contribution in [0.15, 0.2) is 0 Å². The molecule has 0 aromatic rings. The van der Waals surface area contributed by atoms with Crippen LogP contribution in [0.4, 0.5) is 0 Å². The van der Waals surface area contributed by atoms with E-state index in [9.17, 15) is 8.42 Å². The fourth-order valence-corrected chi connectivity index (χ4v) is 0.200. The first kappa shape index (κ1) is 6.83. The maximum Gasteiger partial charge on any atom is 0.399 e. The fourth-order valence-electron chi connectivity index (χ4n) is 0.0666. The summed E-state index contributed by atoms with van der Waals surface area (Å²) in [6.07, 6.45) is 0. The van der Waals surface area contributed by atoms with Gasteiger partial charge in [-0.2, -0.15) is 8.42 Å². The molecule has 0 saturated carbocycles. The summed E-state index contributed by atoms with van der Waals surface area (Å²) in [4.78, 5) is 0. The molecule has 44 valence electrons. The summed E-state index contributed by atoms with van der Waals surface area (Å²) in [7, 11) is -4.42. The van der Waals surface area contributed by atoms with Gasteiger partial charge in [0.25, 0.3) is 0 Å². The second-order valence-electron chi connectivity index (χ2n) is 0.675. The number of aliphatic hydroxyl groups excluding tert-OH is 1. The van der Waals surface area contributed by atoms with Crippen LogP contribution in [0.2, 0.25) is 0 Å². The molecule has 0 atom stereocenters. The lowest BCUT2D eigenvalue weighted by Crippen LogP contribution is -2.03. The predicted molar refractivity (Wildman–Crippen MR) is 19.7 cm³/mol. The number of hydrogen-bond acceptors (Lipinski definition) is 4. The Labute approximate surface area is 40.5 Å². The number of hydrogen-bond donors (Lipinski definition) is 2. The monoisotopic (exact) mass is 128 g/mol. The maximum atomic E-state index is 9.40. The molecule has 0 radical (unpaired) electrons. The second kappa shape index (κ2) is 2.22. The molecule has 0 rings (SSSR count). The van der Waals surface area contributed by atoms with Gasteiger partial charge in [0.15, 0.2) is 6.79 Å². The van der Waals surface area contributed by atoms with Crippen LogP contribution in [0.1, 0.15) is 0 Å². The Kier molecular flexibility index (Phi) is 2.16. The van der Waals surface area contributed by atoms with Gasteiger partial charge >= 0.3 is 10.4 Å². The molecular formula is CH4O5S. The van der Waals surface area contributed by atoms with Gasteiger partial charge in [-0.3, -0.25) is 4.55 Å². The molecule has 5 nitrogen and oxygen atoms in total. The first-order valence-corrected chi connectivity index (χ1v) is 2.65. The van der Waals surface area contributed by atoms with Gasteiger partial charge in [0.05, 0.1) is 0 Å². The van der Waals surface area contributed by atoms with E-state index in [0.717, 1.165) is 0 Å². The Bertz CT molecular complexity index is 121. The van der Waals surface area contributed by atoms with E-state index >= 15 is 0 Å². The van der Waals surface area contributed by atoms with Crippen LogP contribution >= 0.6 is 0 Å². The van der Waals surface area contributed by atoms with Crippen LogP contribution < -0.4 is 0 Å². The van der Waals surface area contributed by atoms with Gasteiger partial charge in [-0.1, -0.05) is 0 Å². The quantitative estimate of drug-likeness (QED) is 0.359. The van der Waals surface area contributed by atoms with E-state index in [2.05, 4.69) is 4.18 Å². The first-order valence-electron chi connectivity index (χ1n) is 1.29. The van der Waals surface area contributed by atoms with Gasteiger partial charge < -0.3 is 5.11 Å². The lowest BCUT2D eigenvalue weighted by atomic mass is 11.6. The zero-order valence-electron chi connectivity index (χ0n) is 3.23. The Balaban J connectivity index is 3.60. The minimum absolute atomic E-state index is 1.03. The highest BCUT2D eigenvalue weighted by atomic mass is 32.3. The molecule has 0 aliphatic rings. The summed E-state index contributed by atoms with van der Waals surface area (Å²) in [6.45, 7) is -1.03. The Morgan fingerprint density at radius 3 is 2.00 bits per heavy atom.